The van der Waals surface area contributed by atoms with Crippen molar-refractivity contribution in [3.63, 3.8) is 0 Å². The SMILES string of the molecule is COc1ccc(-c2nnc(NC(=O)N3CCN4CCC3C4)s2)cc1. The molecule has 0 radical (unpaired) electrons. The molecule has 2 bridgehead atoms. The van der Waals surface area contributed by atoms with Crippen LogP contribution in [0.3, 0.4) is 0 Å². The van der Waals surface area contributed by atoms with E-state index in [1.807, 2.05) is 29.2 Å². The first-order chi connectivity index (χ1) is 11.7. The lowest BCUT2D eigenvalue weighted by molar-refractivity contribution is 0.153. The molecule has 2 amide bonds. The van der Waals surface area contributed by atoms with Crippen molar-refractivity contribution in [3.8, 4) is 16.3 Å². The molecule has 3 heterocycles. The number of methoxy groups -OCH3 is 1. The molecule has 4 rings (SSSR count). The minimum Gasteiger partial charge on any atom is -0.497 e. The van der Waals surface area contributed by atoms with Crippen molar-refractivity contribution < 1.29 is 9.53 Å². The molecule has 2 unspecified atom stereocenters. The maximum Gasteiger partial charge on any atom is 0.324 e. The summed E-state index contributed by atoms with van der Waals surface area (Å²) in [6, 6.07) is 7.89. The van der Waals surface area contributed by atoms with Crippen LogP contribution in [-0.2, 0) is 0 Å². The maximum absolute atomic E-state index is 12.5. The van der Waals surface area contributed by atoms with Crippen molar-refractivity contribution >= 4 is 22.5 Å². The van der Waals surface area contributed by atoms with E-state index in [1.54, 1.807) is 7.11 Å². The number of urea groups is 1. The molecule has 1 aromatic carbocycles. The Hall–Kier alpha value is -2.19. The molecular weight excluding hydrogens is 326 g/mol. The van der Waals surface area contributed by atoms with E-state index >= 15 is 0 Å². The third-order valence-corrected chi connectivity index (χ3v) is 5.47. The quantitative estimate of drug-likeness (QED) is 0.923. The summed E-state index contributed by atoms with van der Waals surface area (Å²) in [4.78, 5) is 16.8. The largest absolute Gasteiger partial charge is 0.497 e. The van der Waals surface area contributed by atoms with Crippen molar-refractivity contribution in [1.29, 1.82) is 0 Å². The maximum atomic E-state index is 12.5. The van der Waals surface area contributed by atoms with Crippen LogP contribution in [0.1, 0.15) is 6.42 Å². The summed E-state index contributed by atoms with van der Waals surface area (Å²) in [5.74, 6) is 0.799. The van der Waals surface area contributed by atoms with Gasteiger partial charge >= 0.3 is 6.03 Å². The van der Waals surface area contributed by atoms with Gasteiger partial charge in [0.1, 0.15) is 10.8 Å². The smallest absolute Gasteiger partial charge is 0.324 e. The van der Waals surface area contributed by atoms with Crippen LogP contribution in [-0.4, -0.2) is 65.4 Å². The average Bonchev–Trinajstić information content (AvgIpc) is 3.22. The summed E-state index contributed by atoms with van der Waals surface area (Å²) in [5.41, 5.74) is 0.957. The number of amides is 2. The van der Waals surface area contributed by atoms with Gasteiger partial charge in [0, 0.05) is 37.8 Å². The number of hydrogen-bond donors (Lipinski definition) is 1. The molecule has 0 saturated carbocycles. The summed E-state index contributed by atoms with van der Waals surface area (Å²) in [7, 11) is 1.64. The molecule has 1 aromatic heterocycles. The topological polar surface area (TPSA) is 70.6 Å². The van der Waals surface area contributed by atoms with E-state index in [0.29, 0.717) is 11.2 Å². The van der Waals surface area contributed by atoms with Crippen molar-refractivity contribution in [2.24, 2.45) is 0 Å². The third kappa shape index (κ3) is 2.94. The lowest BCUT2D eigenvalue weighted by Crippen LogP contribution is -2.51. The van der Waals surface area contributed by atoms with Crippen LogP contribution in [0.25, 0.3) is 10.6 Å². The number of ether oxygens (including phenoxy) is 1. The van der Waals surface area contributed by atoms with Crippen LogP contribution in [0.5, 0.6) is 5.75 Å². The molecule has 2 aliphatic heterocycles. The summed E-state index contributed by atoms with van der Waals surface area (Å²) in [5, 5.41) is 12.5. The van der Waals surface area contributed by atoms with E-state index in [4.69, 9.17) is 4.74 Å². The van der Waals surface area contributed by atoms with Crippen LogP contribution < -0.4 is 10.1 Å². The Kier molecular flexibility index (Phi) is 4.07. The summed E-state index contributed by atoms with van der Waals surface area (Å²) in [6.45, 7) is 3.81. The van der Waals surface area contributed by atoms with Gasteiger partial charge in [-0.05, 0) is 30.7 Å². The zero-order valence-electron chi connectivity index (χ0n) is 13.4. The van der Waals surface area contributed by atoms with Crippen molar-refractivity contribution in [2.75, 3.05) is 38.6 Å². The predicted molar refractivity (Wildman–Crippen MR) is 92.5 cm³/mol. The second-order valence-corrected chi connectivity index (χ2v) is 6.99. The fourth-order valence-corrected chi connectivity index (χ4v) is 3.99. The molecule has 0 aliphatic carbocycles. The van der Waals surface area contributed by atoms with Gasteiger partial charge in [0.15, 0.2) is 0 Å². The van der Waals surface area contributed by atoms with Gasteiger partial charge in [0.25, 0.3) is 0 Å². The summed E-state index contributed by atoms with van der Waals surface area (Å²) < 4.78 is 5.16. The molecule has 7 nitrogen and oxygen atoms in total. The highest BCUT2D eigenvalue weighted by Gasteiger charge is 2.35. The highest BCUT2D eigenvalue weighted by Crippen LogP contribution is 2.28. The lowest BCUT2D eigenvalue weighted by Gasteiger charge is -2.33. The minimum atomic E-state index is -0.0704. The number of carbonyl (C=O) groups excluding carboxylic acids is 1. The van der Waals surface area contributed by atoms with Crippen molar-refractivity contribution in [2.45, 2.75) is 12.5 Å². The van der Waals surface area contributed by atoms with Crippen LogP contribution in [0.2, 0.25) is 0 Å². The standard InChI is InChI=1S/C16H19N5O2S/c1-23-13-4-2-11(3-5-13)14-18-19-15(24-14)17-16(22)21-9-8-20-7-6-12(21)10-20/h2-5,12H,6-10H2,1H3,(H,17,19,22). The Labute approximate surface area is 144 Å². The molecule has 2 atom stereocenters. The fraction of sp³-hybridized carbons (Fsp3) is 0.438. The van der Waals surface area contributed by atoms with Crippen molar-refractivity contribution in [3.05, 3.63) is 24.3 Å². The highest BCUT2D eigenvalue weighted by atomic mass is 32.1. The molecule has 2 aliphatic rings. The van der Waals surface area contributed by atoms with Gasteiger partial charge in [-0.3, -0.25) is 10.2 Å². The molecule has 1 N–H and O–H groups in total. The summed E-state index contributed by atoms with van der Waals surface area (Å²) in [6.07, 6.45) is 1.06. The Morgan fingerprint density at radius 1 is 1.25 bits per heavy atom. The zero-order chi connectivity index (χ0) is 16.5. The number of nitrogens with zero attached hydrogens (tertiary/aromatic N) is 4. The monoisotopic (exact) mass is 345 g/mol. The molecule has 2 aromatic rings. The Morgan fingerprint density at radius 2 is 2.08 bits per heavy atom. The number of rotatable bonds is 3. The minimum absolute atomic E-state index is 0.0704. The number of hydrogen-bond acceptors (Lipinski definition) is 6. The number of carbonyl (C=O) groups is 1. The number of fused-ring (bicyclic) bond motifs is 2. The van der Waals surface area contributed by atoms with Crippen LogP contribution in [0.4, 0.5) is 9.93 Å². The normalized spacial score (nSPS) is 22.5. The van der Waals surface area contributed by atoms with E-state index in [9.17, 15) is 4.79 Å². The van der Waals surface area contributed by atoms with Crippen molar-refractivity contribution in [1.82, 2.24) is 20.0 Å². The number of anilines is 1. The Bertz CT molecular complexity index is 732. The molecule has 2 fully saturated rings. The number of aromatic nitrogens is 2. The predicted octanol–water partition coefficient (Wildman–Crippen LogP) is 2.14. The van der Waals surface area contributed by atoms with E-state index < -0.39 is 0 Å². The van der Waals surface area contributed by atoms with Gasteiger partial charge in [-0.25, -0.2) is 4.79 Å². The lowest BCUT2D eigenvalue weighted by atomic mass is 10.2. The highest BCUT2D eigenvalue weighted by molar-refractivity contribution is 7.18. The fourth-order valence-electron chi connectivity index (χ4n) is 3.26. The van der Waals surface area contributed by atoms with Gasteiger partial charge in [0.05, 0.1) is 7.11 Å². The van der Waals surface area contributed by atoms with Gasteiger partial charge in [-0.15, -0.1) is 10.2 Å². The first-order valence-electron chi connectivity index (χ1n) is 8.01. The summed E-state index contributed by atoms with van der Waals surface area (Å²) >= 11 is 1.38. The van der Waals surface area contributed by atoms with Gasteiger partial charge in [-0.2, -0.15) is 0 Å². The number of benzene rings is 1. The van der Waals surface area contributed by atoms with Crippen LogP contribution in [0.15, 0.2) is 24.3 Å². The van der Waals surface area contributed by atoms with Gasteiger partial charge in [-0.1, -0.05) is 11.3 Å². The number of nitrogens with one attached hydrogen (secondary N) is 1. The van der Waals surface area contributed by atoms with Gasteiger partial charge < -0.3 is 9.64 Å². The van der Waals surface area contributed by atoms with E-state index in [0.717, 1.165) is 48.9 Å². The number of piperazine rings is 1. The molecular formula is C16H19N5O2S. The van der Waals surface area contributed by atoms with Crippen LogP contribution >= 0.6 is 11.3 Å². The zero-order valence-corrected chi connectivity index (χ0v) is 14.3. The molecule has 126 valence electrons. The van der Waals surface area contributed by atoms with E-state index in [2.05, 4.69) is 20.4 Å². The molecule has 2 saturated heterocycles. The Morgan fingerprint density at radius 3 is 2.88 bits per heavy atom. The average molecular weight is 345 g/mol. The molecule has 24 heavy (non-hydrogen) atoms. The first-order valence-corrected chi connectivity index (χ1v) is 8.82. The molecule has 8 heteroatoms. The van der Waals surface area contributed by atoms with Crippen LogP contribution in [0, 0.1) is 0 Å². The Balaban J connectivity index is 1.43. The second-order valence-electron chi connectivity index (χ2n) is 6.01. The van der Waals surface area contributed by atoms with E-state index in [-0.39, 0.29) is 6.03 Å². The van der Waals surface area contributed by atoms with E-state index in [1.165, 1.54) is 11.3 Å². The first kappa shape index (κ1) is 15.3. The second kappa shape index (κ2) is 6.37. The third-order valence-electron chi connectivity index (χ3n) is 4.58. The molecule has 0 spiro atoms. The van der Waals surface area contributed by atoms with Gasteiger partial charge in [0.2, 0.25) is 5.13 Å².